The van der Waals surface area contributed by atoms with Gasteiger partial charge in [-0.3, -0.25) is 4.79 Å². The highest BCUT2D eigenvalue weighted by Gasteiger charge is 2.56. The summed E-state index contributed by atoms with van der Waals surface area (Å²) in [6.45, 7) is 14.3. The van der Waals surface area contributed by atoms with Crippen LogP contribution in [0.2, 0.25) is 0 Å². The number of hydrogen-bond donors (Lipinski definition) is 2. The van der Waals surface area contributed by atoms with Crippen LogP contribution in [0.4, 0.5) is 0 Å². The number of carbonyl (C=O) groups excluding carboxylic acids is 1. The van der Waals surface area contributed by atoms with Crippen molar-refractivity contribution in [1.82, 2.24) is 5.32 Å². The van der Waals surface area contributed by atoms with E-state index in [1.807, 2.05) is 30.3 Å². The molecule has 2 N–H and O–H groups in total. The van der Waals surface area contributed by atoms with Crippen LogP contribution in [-0.4, -0.2) is 24.2 Å². The third-order valence-corrected chi connectivity index (χ3v) is 9.90. The third kappa shape index (κ3) is 3.98. The van der Waals surface area contributed by atoms with Crippen molar-refractivity contribution in [1.29, 1.82) is 0 Å². The predicted molar refractivity (Wildman–Crippen MR) is 131 cm³/mol. The van der Waals surface area contributed by atoms with Crippen molar-refractivity contribution in [3.63, 3.8) is 0 Å². The lowest BCUT2D eigenvalue weighted by atomic mass is 9.49. The van der Waals surface area contributed by atoms with Gasteiger partial charge in [-0.25, -0.2) is 0 Å². The predicted octanol–water partition coefficient (Wildman–Crippen LogP) is 6.02. The first-order chi connectivity index (χ1) is 15.3. The SMILES string of the molecule is C=CC1CCC(C)(C2CCC3(C)C(=C)CCC3C2CNC(=O)c2ccccc2)C(CO)C1. The lowest BCUT2D eigenvalue weighted by molar-refractivity contribution is -0.0762. The van der Waals surface area contributed by atoms with E-state index in [0.717, 1.165) is 37.7 Å². The Morgan fingerprint density at radius 3 is 2.59 bits per heavy atom. The largest absolute Gasteiger partial charge is 0.396 e. The van der Waals surface area contributed by atoms with Crippen LogP contribution in [0.5, 0.6) is 0 Å². The number of allylic oxidation sites excluding steroid dienone is 2. The minimum Gasteiger partial charge on any atom is -0.396 e. The molecule has 0 saturated heterocycles. The van der Waals surface area contributed by atoms with Crippen LogP contribution in [-0.2, 0) is 0 Å². The van der Waals surface area contributed by atoms with Crippen molar-refractivity contribution in [2.75, 3.05) is 13.2 Å². The fourth-order valence-corrected chi connectivity index (χ4v) is 7.64. The molecule has 3 aliphatic carbocycles. The van der Waals surface area contributed by atoms with E-state index in [4.69, 9.17) is 0 Å². The van der Waals surface area contributed by atoms with Crippen LogP contribution in [0.25, 0.3) is 0 Å². The maximum atomic E-state index is 12.9. The first-order valence-corrected chi connectivity index (χ1v) is 12.6. The molecule has 0 bridgehead atoms. The van der Waals surface area contributed by atoms with Gasteiger partial charge in [-0.1, -0.05) is 50.3 Å². The zero-order chi connectivity index (χ0) is 22.9. The van der Waals surface area contributed by atoms with E-state index in [1.54, 1.807) is 0 Å². The first kappa shape index (κ1) is 23.3. The number of carbonyl (C=O) groups is 1. The lowest BCUT2D eigenvalue weighted by Crippen LogP contribution is -2.53. The Morgan fingerprint density at radius 2 is 1.91 bits per heavy atom. The van der Waals surface area contributed by atoms with Gasteiger partial charge in [0.15, 0.2) is 0 Å². The van der Waals surface area contributed by atoms with E-state index in [2.05, 4.69) is 38.4 Å². The quantitative estimate of drug-likeness (QED) is 0.537. The van der Waals surface area contributed by atoms with Gasteiger partial charge in [-0.15, -0.1) is 6.58 Å². The standard InChI is InChI=1S/C29H41NO2/c1-5-21-13-15-29(4,23(17-21)19-31)26-14-16-28(3)20(2)11-12-25(28)24(26)18-30-27(32)22-9-7-6-8-10-22/h5-10,21,23-26,31H,1-2,11-19H2,3-4H3,(H,30,32). The van der Waals surface area contributed by atoms with Crippen LogP contribution in [0.1, 0.15) is 69.2 Å². The van der Waals surface area contributed by atoms with Gasteiger partial charge in [-0.2, -0.15) is 0 Å². The fourth-order valence-electron chi connectivity index (χ4n) is 7.64. The molecule has 3 heteroatoms. The summed E-state index contributed by atoms with van der Waals surface area (Å²) in [5.74, 6) is 2.30. The van der Waals surface area contributed by atoms with Gasteiger partial charge in [0, 0.05) is 18.7 Å². The summed E-state index contributed by atoms with van der Waals surface area (Å²) >= 11 is 0. The van der Waals surface area contributed by atoms with Gasteiger partial charge in [0.05, 0.1) is 0 Å². The molecule has 32 heavy (non-hydrogen) atoms. The number of aliphatic hydroxyl groups excluding tert-OH is 1. The van der Waals surface area contributed by atoms with Gasteiger partial charge in [0.25, 0.3) is 5.91 Å². The van der Waals surface area contributed by atoms with E-state index >= 15 is 0 Å². The molecule has 0 heterocycles. The maximum Gasteiger partial charge on any atom is 0.251 e. The molecule has 174 valence electrons. The smallest absolute Gasteiger partial charge is 0.251 e. The van der Waals surface area contributed by atoms with Crippen molar-refractivity contribution >= 4 is 5.91 Å². The molecule has 7 unspecified atom stereocenters. The van der Waals surface area contributed by atoms with E-state index < -0.39 is 0 Å². The number of benzene rings is 1. The van der Waals surface area contributed by atoms with Crippen molar-refractivity contribution in [2.24, 2.45) is 40.4 Å². The van der Waals surface area contributed by atoms with Crippen LogP contribution in [0, 0.1) is 40.4 Å². The summed E-state index contributed by atoms with van der Waals surface area (Å²) in [4.78, 5) is 12.9. The number of aliphatic hydroxyl groups is 1. The average Bonchev–Trinajstić information content (AvgIpc) is 3.12. The van der Waals surface area contributed by atoms with E-state index in [0.29, 0.717) is 36.1 Å². The molecule has 3 nitrogen and oxygen atoms in total. The summed E-state index contributed by atoms with van der Waals surface area (Å²) in [5.41, 5.74) is 2.41. The van der Waals surface area contributed by atoms with Gasteiger partial charge < -0.3 is 10.4 Å². The molecule has 0 aliphatic heterocycles. The van der Waals surface area contributed by atoms with Crippen LogP contribution < -0.4 is 5.32 Å². The van der Waals surface area contributed by atoms with Crippen molar-refractivity contribution in [2.45, 2.75) is 58.8 Å². The summed E-state index contributed by atoms with van der Waals surface area (Å²) in [6.07, 6.45) is 10.0. The van der Waals surface area contributed by atoms with Crippen LogP contribution >= 0.6 is 0 Å². The average molecular weight is 436 g/mol. The molecule has 1 aromatic carbocycles. The summed E-state index contributed by atoms with van der Waals surface area (Å²) in [5, 5.41) is 13.7. The van der Waals surface area contributed by atoms with E-state index in [-0.39, 0.29) is 23.3 Å². The molecule has 1 amide bonds. The number of hydrogen-bond acceptors (Lipinski definition) is 2. The summed E-state index contributed by atoms with van der Waals surface area (Å²) in [6, 6.07) is 9.55. The normalized spacial score (nSPS) is 39.3. The Hall–Kier alpha value is -1.87. The van der Waals surface area contributed by atoms with Gasteiger partial charge in [0.1, 0.15) is 0 Å². The van der Waals surface area contributed by atoms with E-state index in [9.17, 15) is 9.90 Å². The van der Waals surface area contributed by atoms with Crippen LogP contribution in [0.3, 0.4) is 0 Å². The van der Waals surface area contributed by atoms with Gasteiger partial charge >= 0.3 is 0 Å². The Kier molecular flexibility index (Phi) is 6.68. The number of nitrogens with one attached hydrogen (secondary N) is 1. The topological polar surface area (TPSA) is 49.3 Å². The first-order valence-electron chi connectivity index (χ1n) is 12.6. The number of rotatable bonds is 6. The van der Waals surface area contributed by atoms with Crippen molar-refractivity contribution in [3.8, 4) is 0 Å². The maximum absolute atomic E-state index is 12.9. The molecule has 7 atom stereocenters. The van der Waals surface area contributed by atoms with Gasteiger partial charge in [-0.05, 0) is 97.5 Å². The molecular formula is C29H41NO2. The van der Waals surface area contributed by atoms with Gasteiger partial charge in [0.2, 0.25) is 0 Å². The zero-order valence-corrected chi connectivity index (χ0v) is 20.0. The van der Waals surface area contributed by atoms with Crippen LogP contribution in [0.15, 0.2) is 55.1 Å². The Bertz CT molecular complexity index is 848. The minimum absolute atomic E-state index is 0.0210. The molecule has 0 spiro atoms. The second-order valence-electron chi connectivity index (χ2n) is 11.2. The highest BCUT2D eigenvalue weighted by molar-refractivity contribution is 5.94. The fraction of sp³-hybridized carbons (Fsp3) is 0.621. The molecule has 1 aromatic rings. The van der Waals surface area contributed by atoms with Crippen molar-refractivity contribution < 1.29 is 9.90 Å². The summed E-state index contributed by atoms with van der Waals surface area (Å²) < 4.78 is 0. The zero-order valence-electron chi connectivity index (χ0n) is 20.0. The molecule has 3 saturated carbocycles. The summed E-state index contributed by atoms with van der Waals surface area (Å²) in [7, 11) is 0. The molecule has 4 rings (SSSR count). The molecule has 3 fully saturated rings. The number of fused-ring (bicyclic) bond motifs is 1. The second-order valence-corrected chi connectivity index (χ2v) is 11.2. The molecule has 3 aliphatic rings. The Balaban J connectivity index is 1.60. The highest BCUT2D eigenvalue weighted by atomic mass is 16.3. The number of amides is 1. The second kappa shape index (κ2) is 9.17. The monoisotopic (exact) mass is 435 g/mol. The lowest BCUT2D eigenvalue weighted by Gasteiger charge is -2.57. The van der Waals surface area contributed by atoms with E-state index in [1.165, 1.54) is 18.4 Å². The van der Waals surface area contributed by atoms with Crippen molar-refractivity contribution in [3.05, 3.63) is 60.7 Å². The Morgan fingerprint density at radius 1 is 1.16 bits per heavy atom. The third-order valence-electron chi connectivity index (χ3n) is 9.90. The molecular weight excluding hydrogens is 394 g/mol. The highest BCUT2D eigenvalue weighted by Crippen LogP contribution is 2.63. The molecule has 0 aromatic heterocycles. The Labute approximate surface area is 194 Å². The molecule has 0 radical (unpaired) electrons. The minimum atomic E-state index is 0.0210.